The zero-order valence-corrected chi connectivity index (χ0v) is 12.8. The van der Waals surface area contributed by atoms with Crippen LogP contribution in [0, 0.1) is 6.92 Å². The van der Waals surface area contributed by atoms with E-state index in [-0.39, 0.29) is 5.91 Å². The first-order valence-corrected chi connectivity index (χ1v) is 8.07. The Bertz CT molecular complexity index is 505. The predicted octanol–water partition coefficient (Wildman–Crippen LogP) is 2.12. The molecule has 1 aromatic rings. The van der Waals surface area contributed by atoms with Gasteiger partial charge in [0.15, 0.2) is 0 Å². The number of aryl methyl sites for hydroxylation is 1. The summed E-state index contributed by atoms with van der Waals surface area (Å²) in [5.41, 5.74) is 1.57. The summed E-state index contributed by atoms with van der Waals surface area (Å²) in [4.78, 5) is 14.4. The molecule has 5 nitrogen and oxygen atoms in total. The molecule has 2 heterocycles. The van der Waals surface area contributed by atoms with Crippen molar-refractivity contribution >= 4 is 5.91 Å². The van der Waals surface area contributed by atoms with Gasteiger partial charge in [0.05, 0.1) is 18.2 Å². The van der Waals surface area contributed by atoms with Crippen molar-refractivity contribution in [3.8, 4) is 0 Å². The van der Waals surface area contributed by atoms with E-state index in [1.807, 2.05) is 18.0 Å². The second-order valence-corrected chi connectivity index (χ2v) is 6.75. The lowest BCUT2D eigenvalue weighted by molar-refractivity contribution is -0.136. The molecule has 0 spiro atoms. The lowest BCUT2D eigenvalue weighted by atomic mass is 9.82. The summed E-state index contributed by atoms with van der Waals surface area (Å²) in [6, 6.07) is 0. The summed E-state index contributed by atoms with van der Waals surface area (Å²) in [5, 5.41) is 17.7. The van der Waals surface area contributed by atoms with Gasteiger partial charge >= 0.3 is 0 Å². The van der Waals surface area contributed by atoms with Crippen molar-refractivity contribution in [2.75, 3.05) is 13.1 Å². The number of likely N-dealkylation sites (tertiary alicyclic amines) is 1. The molecule has 21 heavy (non-hydrogen) atoms. The molecule has 2 fully saturated rings. The number of H-pyrrole nitrogens is 1. The summed E-state index contributed by atoms with van der Waals surface area (Å²) in [6.45, 7) is 3.59. The summed E-state index contributed by atoms with van der Waals surface area (Å²) in [6.07, 6.45) is 7.92. The van der Waals surface area contributed by atoms with E-state index in [0.29, 0.717) is 12.3 Å². The number of hydrogen-bond acceptors (Lipinski definition) is 3. The first-order chi connectivity index (χ1) is 10.1. The molecule has 0 aromatic carbocycles. The number of hydrogen-bond donors (Lipinski definition) is 2. The van der Waals surface area contributed by atoms with Gasteiger partial charge in [-0.2, -0.15) is 5.10 Å². The first kappa shape index (κ1) is 14.6. The molecule has 1 aliphatic carbocycles. The Morgan fingerprint density at radius 2 is 2.24 bits per heavy atom. The van der Waals surface area contributed by atoms with Crippen LogP contribution >= 0.6 is 0 Å². The van der Waals surface area contributed by atoms with E-state index < -0.39 is 5.60 Å². The summed E-state index contributed by atoms with van der Waals surface area (Å²) in [7, 11) is 0. The van der Waals surface area contributed by atoms with Gasteiger partial charge in [-0.15, -0.1) is 0 Å². The molecule has 1 saturated heterocycles. The highest BCUT2D eigenvalue weighted by Crippen LogP contribution is 2.33. The maximum absolute atomic E-state index is 12.5. The number of aromatic nitrogens is 2. The fourth-order valence-electron chi connectivity index (χ4n) is 3.77. The third kappa shape index (κ3) is 3.12. The van der Waals surface area contributed by atoms with Crippen molar-refractivity contribution in [1.82, 2.24) is 15.1 Å². The third-order valence-electron chi connectivity index (χ3n) is 5.08. The molecule has 1 saturated carbocycles. The van der Waals surface area contributed by atoms with Gasteiger partial charge in [-0.1, -0.05) is 19.3 Å². The Balaban J connectivity index is 1.58. The fourth-order valence-corrected chi connectivity index (χ4v) is 3.77. The van der Waals surface area contributed by atoms with Gasteiger partial charge in [-0.05, 0) is 31.7 Å². The predicted molar refractivity (Wildman–Crippen MR) is 79.9 cm³/mol. The Hall–Kier alpha value is -1.36. The molecule has 116 valence electrons. The molecular weight excluding hydrogens is 266 g/mol. The molecule has 1 unspecified atom stereocenters. The topological polar surface area (TPSA) is 69.2 Å². The average molecular weight is 291 g/mol. The summed E-state index contributed by atoms with van der Waals surface area (Å²) in [5.74, 6) is 0.469. The number of carbonyl (C=O) groups is 1. The van der Waals surface area contributed by atoms with Gasteiger partial charge in [-0.25, -0.2) is 0 Å². The van der Waals surface area contributed by atoms with E-state index in [2.05, 4.69) is 10.2 Å². The Morgan fingerprint density at radius 3 is 2.90 bits per heavy atom. The molecule has 0 radical (unpaired) electrons. The van der Waals surface area contributed by atoms with Crippen LogP contribution in [0.4, 0.5) is 0 Å². The highest BCUT2D eigenvalue weighted by atomic mass is 16.3. The number of rotatable bonds is 3. The second-order valence-electron chi connectivity index (χ2n) is 6.75. The van der Waals surface area contributed by atoms with Crippen LogP contribution in [-0.4, -0.2) is 44.8 Å². The van der Waals surface area contributed by atoms with E-state index in [9.17, 15) is 9.90 Å². The van der Waals surface area contributed by atoms with Crippen LogP contribution in [0.1, 0.15) is 62.1 Å². The quantitative estimate of drug-likeness (QED) is 0.896. The molecule has 3 rings (SSSR count). The number of nitrogens with zero attached hydrogens (tertiary/aromatic N) is 2. The highest BCUT2D eigenvalue weighted by Gasteiger charge is 2.36. The molecule has 1 amide bonds. The molecular formula is C16H25N3O2. The van der Waals surface area contributed by atoms with Crippen LogP contribution in [0.25, 0.3) is 0 Å². The Morgan fingerprint density at radius 1 is 1.48 bits per heavy atom. The lowest BCUT2D eigenvalue weighted by Gasteiger charge is -2.32. The van der Waals surface area contributed by atoms with Crippen LogP contribution in [0.5, 0.6) is 0 Å². The van der Waals surface area contributed by atoms with Crippen molar-refractivity contribution < 1.29 is 9.90 Å². The minimum atomic E-state index is -0.753. The minimum absolute atomic E-state index is 0.110. The molecule has 1 aromatic heterocycles. The number of aromatic amines is 1. The molecule has 2 N–H and O–H groups in total. The lowest BCUT2D eigenvalue weighted by Crippen LogP contribution is -2.39. The van der Waals surface area contributed by atoms with Gasteiger partial charge < -0.3 is 10.0 Å². The maximum atomic E-state index is 12.5. The molecule has 5 heteroatoms. The highest BCUT2D eigenvalue weighted by molar-refractivity contribution is 5.77. The molecule has 2 aliphatic rings. The van der Waals surface area contributed by atoms with Crippen LogP contribution < -0.4 is 0 Å². The van der Waals surface area contributed by atoms with Crippen molar-refractivity contribution in [2.45, 2.75) is 63.4 Å². The van der Waals surface area contributed by atoms with Crippen LogP contribution in [0.2, 0.25) is 0 Å². The van der Waals surface area contributed by atoms with Crippen molar-refractivity contribution in [2.24, 2.45) is 0 Å². The van der Waals surface area contributed by atoms with Gasteiger partial charge in [0.25, 0.3) is 0 Å². The van der Waals surface area contributed by atoms with E-state index in [0.717, 1.165) is 50.9 Å². The first-order valence-electron chi connectivity index (χ1n) is 8.07. The van der Waals surface area contributed by atoms with Gasteiger partial charge in [0, 0.05) is 24.7 Å². The zero-order chi connectivity index (χ0) is 14.9. The van der Waals surface area contributed by atoms with Gasteiger partial charge in [0.1, 0.15) is 0 Å². The van der Waals surface area contributed by atoms with Crippen molar-refractivity contribution in [1.29, 1.82) is 0 Å². The third-order valence-corrected chi connectivity index (χ3v) is 5.08. The van der Waals surface area contributed by atoms with Crippen molar-refractivity contribution in [3.63, 3.8) is 0 Å². The standard InChI is InChI=1S/C16H25N3O2/c1-12-10-17-18-15(12)13-5-8-19(11-13)14(20)9-16(21)6-3-2-4-7-16/h10,13,21H,2-9,11H2,1H3,(H,17,18). The van der Waals surface area contributed by atoms with E-state index in [1.54, 1.807) is 0 Å². The molecule has 0 bridgehead atoms. The van der Waals surface area contributed by atoms with Crippen LogP contribution in [-0.2, 0) is 4.79 Å². The average Bonchev–Trinajstić information content (AvgIpc) is 3.07. The number of carbonyl (C=O) groups excluding carboxylic acids is 1. The smallest absolute Gasteiger partial charge is 0.225 e. The van der Waals surface area contributed by atoms with E-state index in [1.165, 1.54) is 12.0 Å². The van der Waals surface area contributed by atoms with Gasteiger partial charge in [-0.3, -0.25) is 9.89 Å². The largest absolute Gasteiger partial charge is 0.389 e. The minimum Gasteiger partial charge on any atom is -0.389 e. The van der Waals surface area contributed by atoms with Crippen LogP contribution in [0.15, 0.2) is 6.20 Å². The number of aliphatic hydroxyl groups is 1. The molecule has 1 atom stereocenters. The molecule has 1 aliphatic heterocycles. The van der Waals surface area contributed by atoms with E-state index >= 15 is 0 Å². The number of amides is 1. The zero-order valence-electron chi connectivity index (χ0n) is 12.8. The normalized spacial score (nSPS) is 25.2. The Kier molecular flexibility index (Phi) is 4.02. The second kappa shape index (κ2) is 5.79. The van der Waals surface area contributed by atoms with Crippen molar-refractivity contribution in [3.05, 3.63) is 17.5 Å². The number of nitrogens with one attached hydrogen (secondary N) is 1. The van der Waals surface area contributed by atoms with Gasteiger partial charge in [0.2, 0.25) is 5.91 Å². The fraction of sp³-hybridized carbons (Fsp3) is 0.750. The maximum Gasteiger partial charge on any atom is 0.225 e. The summed E-state index contributed by atoms with van der Waals surface area (Å²) >= 11 is 0. The monoisotopic (exact) mass is 291 g/mol. The summed E-state index contributed by atoms with van der Waals surface area (Å²) < 4.78 is 0. The Labute approximate surface area is 125 Å². The van der Waals surface area contributed by atoms with Crippen LogP contribution in [0.3, 0.4) is 0 Å². The van der Waals surface area contributed by atoms with E-state index in [4.69, 9.17) is 0 Å². The SMILES string of the molecule is Cc1cn[nH]c1C1CCN(C(=O)CC2(O)CCCCC2)C1.